The average Bonchev–Trinajstić information content (AvgIpc) is 2.25. The van der Waals surface area contributed by atoms with Crippen molar-refractivity contribution < 1.29 is 9.66 Å². The van der Waals surface area contributed by atoms with E-state index in [1.165, 1.54) is 12.1 Å². The molecule has 0 spiro atoms. The van der Waals surface area contributed by atoms with Crippen LogP contribution in [0.1, 0.15) is 12.8 Å². The lowest BCUT2D eigenvalue weighted by atomic mass is 10.3. The molecule has 1 aromatic rings. The van der Waals surface area contributed by atoms with Crippen molar-refractivity contribution in [3.8, 4) is 5.75 Å². The maximum atomic E-state index is 10.5. The van der Waals surface area contributed by atoms with Gasteiger partial charge in [-0.3, -0.25) is 10.1 Å². The molecule has 0 bridgehead atoms. The van der Waals surface area contributed by atoms with Gasteiger partial charge in [-0.25, -0.2) is 0 Å². The number of hydrogen-bond donors (Lipinski definition) is 0. The van der Waals surface area contributed by atoms with E-state index in [0.717, 1.165) is 12.8 Å². The zero-order valence-corrected chi connectivity index (χ0v) is 8.39. The summed E-state index contributed by atoms with van der Waals surface area (Å²) in [5.74, 6) is 0.535. The van der Waals surface area contributed by atoms with Crippen molar-refractivity contribution in [3.63, 3.8) is 0 Å². The highest BCUT2D eigenvalue weighted by Crippen LogP contribution is 2.19. The van der Waals surface area contributed by atoms with Crippen LogP contribution in [0.5, 0.6) is 5.75 Å². The van der Waals surface area contributed by atoms with Crippen LogP contribution < -0.4 is 4.74 Å². The minimum atomic E-state index is -0.434. The molecule has 0 saturated heterocycles. The second-order valence-electron chi connectivity index (χ2n) is 3.03. The Bertz CT molecular complexity index is 349. The van der Waals surface area contributed by atoms with Crippen LogP contribution >= 0.6 is 0 Å². The van der Waals surface area contributed by atoms with Crippen molar-refractivity contribution in [2.45, 2.75) is 12.8 Å². The second-order valence-corrected chi connectivity index (χ2v) is 3.03. The molecule has 0 amide bonds. The molecular weight excluding hydrogens is 194 g/mol. The lowest BCUT2D eigenvalue weighted by Crippen LogP contribution is -1.97. The molecule has 0 heterocycles. The first-order chi connectivity index (χ1) is 7.24. The number of hydrogen-bond acceptors (Lipinski definition) is 3. The number of benzene rings is 1. The summed E-state index contributed by atoms with van der Waals surface area (Å²) in [5.41, 5.74) is 0.0521. The van der Waals surface area contributed by atoms with Crippen LogP contribution in [0, 0.1) is 10.1 Å². The summed E-state index contributed by atoms with van der Waals surface area (Å²) in [7, 11) is 0. The van der Waals surface area contributed by atoms with Crippen molar-refractivity contribution in [2.75, 3.05) is 6.61 Å². The third kappa shape index (κ3) is 3.81. The highest BCUT2D eigenvalue weighted by Gasteiger charge is 2.05. The monoisotopic (exact) mass is 207 g/mol. The molecule has 0 radical (unpaired) electrons. The second kappa shape index (κ2) is 5.80. The standard InChI is InChI=1S/C11H13NO3/c1-2-3-4-8-15-11-7-5-6-10(9-11)12(13)14/h2,5-7,9H,1,3-4,8H2. The van der Waals surface area contributed by atoms with E-state index in [9.17, 15) is 10.1 Å². The third-order valence-corrected chi connectivity index (χ3v) is 1.85. The topological polar surface area (TPSA) is 52.4 Å². The molecule has 0 N–H and O–H groups in total. The quantitative estimate of drug-likeness (QED) is 0.312. The Labute approximate surface area is 88.3 Å². The first kappa shape index (κ1) is 11.2. The van der Waals surface area contributed by atoms with Gasteiger partial charge in [0.2, 0.25) is 0 Å². The van der Waals surface area contributed by atoms with Crippen LogP contribution in [0.4, 0.5) is 5.69 Å². The number of unbranched alkanes of at least 4 members (excludes halogenated alkanes) is 1. The zero-order valence-electron chi connectivity index (χ0n) is 8.39. The first-order valence-electron chi connectivity index (χ1n) is 4.72. The Kier molecular flexibility index (Phi) is 4.34. The van der Waals surface area contributed by atoms with E-state index in [1.54, 1.807) is 12.1 Å². The number of ether oxygens (including phenoxy) is 1. The molecule has 0 fully saturated rings. The van der Waals surface area contributed by atoms with Crippen LogP contribution in [0.25, 0.3) is 0 Å². The predicted octanol–water partition coefficient (Wildman–Crippen LogP) is 2.94. The number of nitrogens with zero attached hydrogens (tertiary/aromatic N) is 1. The minimum Gasteiger partial charge on any atom is -0.493 e. The first-order valence-corrected chi connectivity index (χ1v) is 4.72. The summed E-state index contributed by atoms with van der Waals surface area (Å²) in [6.07, 6.45) is 3.57. The normalized spacial score (nSPS) is 9.60. The molecule has 0 aliphatic carbocycles. The van der Waals surface area contributed by atoms with Crippen LogP contribution in [-0.2, 0) is 0 Å². The van der Waals surface area contributed by atoms with E-state index in [0.29, 0.717) is 12.4 Å². The van der Waals surface area contributed by atoms with E-state index in [4.69, 9.17) is 4.74 Å². The molecule has 0 atom stereocenters. The van der Waals surface area contributed by atoms with Gasteiger partial charge in [-0.15, -0.1) is 6.58 Å². The molecule has 0 aromatic heterocycles. The van der Waals surface area contributed by atoms with Crippen LogP contribution in [-0.4, -0.2) is 11.5 Å². The molecule has 4 heteroatoms. The Morgan fingerprint density at radius 1 is 1.53 bits per heavy atom. The average molecular weight is 207 g/mol. The molecule has 0 aliphatic rings. The molecule has 1 rings (SSSR count). The lowest BCUT2D eigenvalue weighted by molar-refractivity contribution is -0.384. The largest absolute Gasteiger partial charge is 0.493 e. The van der Waals surface area contributed by atoms with Gasteiger partial charge in [0.15, 0.2) is 0 Å². The SMILES string of the molecule is C=CCCCOc1cccc([N+](=O)[O-])c1. The maximum Gasteiger partial charge on any atom is 0.273 e. The summed E-state index contributed by atoms with van der Waals surface area (Å²) in [4.78, 5) is 10.0. The smallest absolute Gasteiger partial charge is 0.273 e. The van der Waals surface area contributed by atoms with Gasteiger partial charge in [-0.05, 0) is 18.9 Å². The van der Waals surface area contributed by atoms with E-state index >= 15 is 0 Å². The Morgan fingerprint density at radius 3 is 3.00 bits per heavy atom. The molecule has 15 heavy (non-hydrogen) atoms. The summed E-state index contributed by atoms with van der Waals surface area (Å²) < 4.78 is 5.35. The van der Waals surface area contributed by atoms with E-state index in [-0.39, 0.29) is 5.69 Å². The molecule has 0 unspecified atom stereocenters. The maximum absolute atomic E-state index is 10.5. The van der Waals surface area contributed by atoms with Gasteiger partial charge in [-0.2, -0.15) is 0 Å². The number of non-ortho nitro benzene ring substituents is 1. The van der Waals surface area contributed by atoms with Crippen molar-refractivity contribution in [1.82, 2.24) is 0 Å². The molecule has 1 aromatic carbocycles. The summed E-state index contributed by atoms with van der Waals surface area (Å²) in [6.45, 7) is 4.15. The fourth-order valence-corrected chi connectivity index (χ4v) is 1.10. The molecule has 4 nitrogen and oxygen atoms in total. The van der Waals surface area contributed by atoms with Crippen molar-refractivity contribution >= 4 is 5.69 Å². The highest BCUT2D eigenvalue weighted by atomic mass is 16.6. The summed E-state index contributed by atoms with van der Waals surface area (Å²) in [5, 5.41) is 10.5. The number of nitro groups is 1. The molecule has 0 aliphatic heterocycles. The number of nitro benzene ring substituents is 1. The Morgan fingerprint density at radius 2 is 2.33 bits per heavy atom. The van der Waals surface area contributed by atoms with Crippen molar-refractivity contribution in [3.05, 3.63) is 47.0 Å². The summed E-state index contributed by atoms with van der Waals surface area (Å²) >= 11 is 0. The van der Waals surface area contributed by atoms with Gasteiger partial charge >= 0.3 is 0 Å². The van der Waals surface area contributed by atoms with Gasteiger partial charge in [0.25, 0.3) is 5.69 Å². The van der Waals surface area contributed by atoms with Crippen LogP contribution in [0.3, 0.4) is 0 Å². The van der Waals surface area contributed by atoms with Gasteiger partial charge in [-0.1, -0.05) is 12.1 Å². The van der Waals surface area contributed by atoms with E-state index in [2.05, 4.69) is 6.58 Å². The van der Waals surface area contributed by atoms with Gasteiger partial charge < -0.3 is 4.74 Å². The fraction of sp³-hybridized carbons (Fsp3) is 0.273. The van der Waals surface area contributed by atoms with Crippen LogP contribution in [0.15, 0.2) is 36.9 Å². The van der Waals surface area contributed by atoms with Gasteiger partial charge in [0.1, 0.15) is 5.75 Å². The van der Waals surface area contributed by atoms with Gasteiger partial charge in [0, 0.05) is 6.07 Å². The summed E-state index contributed by atoms with van der Waals surface area (Å²) in [6, 6.07) is 6.19. The zero-order chi connectivity index (χ0) is 11.1. The minimum absolute atomic E-state index is 0.0521. The Balaban J connectivity index is 2.50. The lowest BCUT2D eigenvalue weighted by Gasteiger charge is -2.04. The molecule has 0 saturated carbocycles. The van der Waals surface area contributed by atoms with Crippen molar-refractivity contribution in [1.29, 1.82) is 0 Å². The number of rotatable bonds is 6. The van der Waals surface area contributed by atoms with Gasteiger partial charge in [0.05, 0.1) is 17.6 Å². The number of allylic oxidation sites excluding steroid dienone is 1. The highest BCUT2D eigenvalue weighted by molar-refractivity contribution is 5.37. The fourth-order valence-electron chi connectivity index (χ4n) is 1.10. The third-order valence-electron chi connectivity index (χ3n) is 1.85. The molecular formula is C11H13NO3. The molecule has 80 valence electrons. The predicted molar refractivity (Wildman–Crippen MR) is 58.0 cm³/mol. The van der Waals surface area contributed by atoms with E-state index < -0.39 is 4.92 Å². The van der Waals surface area contributed by atoms with Crippen LogP contribution in [0.2, 0.25) is 0 Å². The Hall–Kier alpha value is -1.84. The van der Waals surface area contributed by atoms with Crippen molar-refractivity contribution in [2.24, 2.45) is 0 Å². The van der Waals surface area contributed by atoms with E-state index in [1.807, 2.05) is 6.08 Å².